The van der Waals surface area contributed by atoms with Crippen molar-refractivity contribution in [3.05, 3.63) is 34.9 Å². The molecule has 28 heavy (non-hydrogen) atoms. The van der Waals surface area contributed by atoms with E-state index >= 15 is 0 Å². The van der Waals surface area contributed by atoms with Crippen LogP contribution in [-0.4, -0.2) is 75.0 Å². The van der Waals surface area contributed by atoms with Gasteiger partial charge >= 0.3 is 0 Å². The van der Waals surface area contributed by atoms with Crippen molar-refractivity contribution in [2.45, 2.75) is 31.7 Å². The molecule has 1 amide bonds. The molecule has 2 rings (SSSR count). The van der Waals surface area contributed by atoms with Crippen molar-refractivity contribution in [3.63, 3.8) is 0 Å². The lowest BCUT2D eigenvalue weighted by Gasteiger charge is -2.26. The maximum atomic E-state index is 12.2. The molecule has 1 aliphatic rings. The monoisotopic (exact) mass is 521 g/mol. The van der Waals surface area contributed by atoms with E-state index in [0.717, 1.165) is 62.8 Å². The molecule has 0 aromatic heterocycles. The zero-order chi connectivity index (χ0) is 19.6. The molecule has 1 aromatic rings. The number of likely N-dealkylation sites (tertiary alicyclic amines) is 1. The topological polar surface area (TPSA) is 60.0 Å². The van der Waals surface area contributed by atoms with Crippen LogP contribution in [0.3, 0.4) is 0 Å². The molecular formula is C20H33ClIN5O. The van der Waals surface area contributed by atoms with Crippen molar-refractivity contribution in [2.24, 2.45) is 4.99 Å². The average Bonchev–Trinajstić information content (AvgIpc) is 3.11. The third-order valence-electron chi connectivity index (χ3n) is 4.82. The average molecular weight is 522 g/mol. The van der Waals surface area contributed by atoms with Crippen LogP contribution in [0.5, 0.6) is 0 Å². The highest BCUT2D eigenvalue weighted by Gasteiger charge is 2.30. The number of amides is 1. The number of nitrogens with zero attached hydrogens (tertiary/aromatic N) is 3. The van der Waals surface area contributed by atoms with Crippen molar-refractivity contribution in [2.75, 3.05) is 47.3 Å². The molecule has 0 aliphatic carbocycles. The fourth-order valence-electron chi connectivity index (χ4n) is 3.40. The summed E-state index contributed by atoms with van der Waals surface area (Å²) >= 11 is 6.01. The fourth-order valence-corrected chi connectivity index (χ4v) is 3.61. The number of aliphatic imine (C=N–C) groups is 1. The van der Waals surface area contributed by atoms with E-state index in [9.17, 15) is 4.79 Å². The van der Waals surface area contributed by atoms with Crippen LogP contribution >= 0.6 is 35.6 Å². The fraction of sp³-hybridized carbons (Fsp3) is 0.600. The quantitative estimate of drug-likeness (QED) is 0.239. The zero-order valence-corrected chi connectivity index (χ0v) is 20.2. The molecule has 2 N–H and O–H groups in total. The van der Waals surface area contributed by atoms with Gasteiger partial charge in [0.15, 0.2) is 5.96 Å². The van der Waals surface area contributed by atoms with Crippen LogP contribution in [-0.2, 0) is 11.2 Å². The molecule has 1 aromatic carbocycles. The summed E-state index contributed by atoms with van der Waals surface area (Å²) in [6.45, 7) is 3.56. The van der Waals surface area contributed by atoms with Crippen LogP contribution in [0.4, 0.5) is 0 Å². The van der Waals surface area contributed by atoms with Gasteiger partial charge in [-0.1, -0.05) is 23.7 Å². The maximum absolute atomic E-state index is 12.2. The van der Waals surface area contributed by atoms with Crippen LogP contribution in [0.2, 0.25) is 5.02 Å². The number of carbonyl (C=O) groups is 1. The molecule has 1 atom stereocenters. The minimum absolute atomic E-state index is 0. The van der Waals surface area contributed by atoms with Crippen LogP contribution in [0.1, 0.15) is 24.8 Å². The van der Waals surface area contributed by atoms with E-state index in [1.807, 2.05) is 32.3 Å². The van der Waals surface area contributed by atoms with E-state index in [1.54, 1.807) is 11.9 Å². The predicted molar refractivity (Wildman–Crippen MR) is 128 cm³/mol. The third-order valence-corrected chi connectivity index (χ3v) is 5.06. The second-order valence-corrected chi connectivity index (χ2v) is 7.52. The molecule has 1 saturated heterocycles. The van der Waals surface area contributed by atoms with E-state index < -0.39 is 0 Å². The Morgan fingerprint density at radius 3 is 2.75 bits per heavy atom. The number of carbonyl (C=O) groups excluding carboxylic acids is 1. The molecule has 0 spiro atoms. The van der Waals surface area contributed by atoms with Gasteiger partial charge in [-0.05, 0) is 49.9 Å². The Bertz CT molecular complexity index is 641. The maximum Gasteiger partial charge on any atom is 0.239 e. The number of hydrogen-bond donors (Lipinski definition) is 2. The first-order chi connectivity index (χ1) is 13.0. The minimum Gasteiger partial charge on any atom is -0.356 e. The van der Waals surface area contributed by atoms with Crippen molar-refractivity contribution < 1.29 is 4.79 Å². The molecule has 1 heterocycles. The van der Waals surface area contributed by atoms with Gasteiger partial charge in [-0.3, -0.25) is 14.7 Å². The van der Waals surface area contributed by atoms with Gasteiger partial charge in [0.1, 0.15) is 0 Å². The Morgan fingerprint density at radius 1 is 1.32 bits per heavy atom. The highest BCUT2D eigenvalue weighted by atomic mass is 127. The Kier molecular flexibility index (Phi) is 11.8. The van der Waals surface area contributed by atoms with Crippen LogP contribution < -0.4 is 10.6 Å². The van der Waals surface area contributed by atoms with Crippen molar-refractivity contribution in [1.29, 1.82) is 0 Å². The summed E-state index contributed by atoms with van der Waals surface area (Å²) in [7, 11) is 5.44. The van der Waals surface area contributed by atoms with E-state index in [4.69, 9.17) is 11.6 Å². The number of rotatable bonds is 8. The second-order valence-electron chi connectivity index (χ2n) is 7.09. The molecular weight excluding hydrogens is 489 g/mol. The van der Waals surface area contributed by atoms with Gasteiger partial charge in [0, 0.05) is 45.8 Å². The first-order valence-corrected chi connectivity index (χ1v) is 10.0. The predicted octanol–water partition coefficient (Wildman–Crippen LogP) is 2.61. The lowest BCUT2D eigenvalue weighted by Crippen LogP contribution is -2.44. The normalized spacial score (nSPS) is 17.1. The highest BCUT2D eigenvalue weighted by Crippen LogP contribution is 2.18. The minimum atomic E-state index is 0. The summed E-state index contributed by atoms with van der Waals surface area (Å²) in [4.78, 5) is 20.5. The Morgan fingerprint density at radius 2 is 2.07 bits per heavy atom. The van der Waals surface area contributed by atoms with E-state index in [2.05, 4.69) is 26.6 Å². The summed E-state index contributed by atoms with van der Waals surface area (Å²) in [5.74, 6) is 1.03. The molecule has 1 aliphatic heterocycles. The first-order valence-electron chi connectivity index (χ1n) is 9.65. The second kappa shape index (κ2) is 13.2. The van der Waals surface area contributed by atoms with Crippen molar-refractivity contribution >= 4 is 47.4 Å². The first kappa shape index (κ1) is 25.0. The van der Waals surface area contributed by atoms with Gasteiger partial charge in [0.2, 0.25) is 5.91 Å². The van der Waals surface area contributed by atoms with Crippen molar-refractivity contribution in [1.82, 2.24) is 20.4 Å². The Hall–Kier alpha value is -1.06. The summed E-state index contributed by atoms with van der Waals surface area (Å²) in [6.07, 6.45) is 3.94. The van der Waals surface area contributed by atoms with E-state index in [1.165, 1.54) is 5.56 Å². The van der Waals surface area contributed by atoms with Gasteiger partial charge in [0.25, 0.3) is 0 Å². The molecule has 6 nitrogen and oxygen atoms in total. The molecule has 158 valence electrons. The zero-order valence-electron chi connectivity index (χ0n) is 17.1. The number of nitrogens with one attached hydrogen (secondary N) is 2. The number of hydrogen-bond acceptors (Lipinski definition) is 3. The SMILES string of the molecule is CN=C(NCCCN1CCCC1C(=O)N(C)C)NCCc1cccc(Cl)c1.I. The van der Waals surface area contributed by atoms with Gasteiger partial charge in [-0.2, -0.15) is 0 Å². The summed E-state index contributed by atoms with van der Waals surface area (Å²) in [5, 5.41) is 7.44. The molecule has 0 saturated carbocycles. The van der Waals surface area contributed by atoms with E-state index in [0.29, 0.717) is 0 Å². The molecule has 1 fully saturated rings. The van der Waals surface area contributed by atoms with Gasteiger partial charge in [-0.15, -0.1) is 24.0 Å². The molecule has 0 radical (unpaired) electrons. The lowest BCUT2D eigenvalue weighted by atomic mass is 10.1. The summed E-state index contributed by atoms with van der Waals surface area (Å²) in [5.41, 5.74) is 1.20. The van der Waals surface area contributed by atoms with Gasteiger partial charge in [-0.25, -0.2) is 0 Å². The number of halogens is 2. The van der Waals surface area contributed by atoms with Crippen LogP contribution in [0.15, 0.2) is 29.3 Å². The molecule has 1 unspecified atom stereocenters. The van der Waals surface area contributed by atoms with Crippen LogP contribution in [0.25, 0.3) is 0 Å². The lowest BCUT2D eigenvalue weighted by molar-refractivity contribution is -0.133. The Labute approximate surface area is 191 Å². The van der Waals surface area contributed by atoms with Crippen molar-refractivity contribution in [3.8, 4) is 0 Å². The third kappa shape index (κ3) is 8.13. The summed E-state index contributed by atoms with van der Waals surface area (Å²) in [6, 6.07) is 7.97. The standard InChI is InChI=1S/C20H32ClN5O.HI/c1-22-20(24-12-10-16-7-4-8-17(21)15-16)23-11-6-14-26-13-5-9-18(26)19(27)25(2)3;/h4,7-8,15,18H,5-6,9-14H2,1-3H3,(H2,22,23,24);1H. The van der Waals surface area contributed by atoms with Crippen LogP contribution in [0, 0.1) is 0 Å². The largest absolute Gasteiger partial charge is 0.356 e. The number of benzene rings is 1. The number of likely N-dealkylation sites (N-methyl/N-ethyl adjacent to an activating group) is 1. The van der Waals surface area contributed by atoms with Gasteiger partial charge in [0.05, 0.1) is 6.04 Å². The van der Waals surface area contributed by atoms with Gasteiger partial charge < -0.3 is 15.5 Å². The highest BCUT2D eigenvalue weighted by molar-refractivity contribution is 14.0. The Balaban J connectivity index is 0.00000392. The molecule has 0 bridgehead atoms. The smallest absolute Gasteiger partial charge is 0.239 e. The summed E-state index contributed by atoms with van der Waals surface area (Å²) < 4.78 is 0. The molecule has 8 heteroatoms. The van der Waals surface area contributed by atoms with E-state index in [-0.39, 0.29) is 35.9 Å². The number of guanidine groups is 1.